The van der Waals surface area contributed by atoms with E-state index in [-0.39, 0.29) is 0 Å². The SMILES string of the molecule is CC(C)(O)CN1CCN(c2ccc(Br)cc2CN)CC1. The van der Waals surface area contributed by atoms with Gasteiger partial charge in [-0.3, -0.25) is 4.90 Å². The fraction of sp³-hybridized carbons (Fsp3) is 0.600. The molecule has 3 N–H and O–H groups in total. The van der Waals surface area contributed by atoms with Gasteiger partial charge in [0.1, 0.15) is 0 Å². The van der Waals surface area contributed by atoms with Crippen LogP contribution in [0.3, 0.4) is 0 Å². The molecule has 20 heavy (non-hydrogen) atoms. The predicted molar refractivity (Wildman–Crippen MR) is 87.0 cm³/mol. The van der Waals surface area contributed by atoms with Crippen LogP contribution in [0.25, 0.3) is 0 Å². The Hall–Kier alpha value is -0.620. The molecule has 5 heteroatoms. The Balaban J connectivity index is 2.00. The van der Waals surface area contributed by atoms with Crippen LogP contribution in [-0.2, 0) is 6.54 Å². The largest absolute Gasteiger partial charge is 0.389 e. The van der Waals surface area contributed by atoms with Crippen LogP contribution in [-0.4, -0.2) is 48.3 Å². The number of hydrogen-bond donors (Lipinski definition) is 2. The third-order valence-corrected chi connectivity index (χ3v) is 4.08. The van der Waals surface area contributed by atoms with Crippen LogP contribution in [0, 0.1) is 0 Å². The maximum atomic E-state index is 9.89. The lowest BCUT2D eigenvalue weighted by Crippen LogP contribution is -2.50. The summed E-state index contributed by atoms with van der Waals surface area (Å²) in [5, 5.41) is 9.89. The van der Waals surface area contributed by atoms with Crippen molar-refractivity contribution in [1.29, 1.82) is 0 Å². The molecule has 0 bridgehead atoms. The van der Waals surface area contributed by atoms with Gasteiger partial charge in [0, 0.05) is 49.4 Å². The molecule has 0 spiro atoms. The highest BCUT2D eigenvalue weighted by atomic mass is 79.9. The van der Waals surface area contributed by atoms with E-state index in [0.717, 1.165) is 37.2 Å². The van der Waals surface area contributed by atoms with Gasteiger partial charge in [0.25, 0.3) is 0 Å². The average Bonchev–Trinajstić information content (AvgIpc) is 2.38. The number of β-amino-alcohol motifs (C(OH)–C–C–N with tert-alkyl or cyclic N) is 1. The molecule has 112 valence electrons. The molecule has 0 radical (unpaired) electrons. The van der Waals surface area contributed by atoms with Crippen LogP contribution in [0.5, 0.6) is 0 Å². The van der Waals surface area contributed by atoms with E-state index >= 15 is 0 Å². The van der Waals surface area contributed by atoms with Gasteiger partial charge in [-0.25, -0.2) is 0 Å². The molecule has 0 atom stereocenters. The van der Waals surface area contributed by atoms with Crippen molar-refractivity contribution in [3.8, 4) is 0 Å². The van der Waals surface area contributed by atoms with Gasteiger partial charge in [0.05, 0.1) is 5.60 Å². The summed E-state index contributed by atoms with van der Waals surface area (Å²) in [4.78, 5) is 4.70. The molecule has 0 unspecified atom stereocenters. The Morgan fingerprint density at radius 2 is 1.90 bits per heavy atom. The topological polar surface area (TPSA) is 52.7 Å². The summed E-state index contributed by atoms with van der Waals surface area (Å²) in [6.45, 7) is 8.91. The third kappa shape index (κ3) is 4.19. The average molecular weight is 342 g/mol. The molecule has 4 nitrogen and oxygen atoms in total. The second-order valence-corrected chi connectivity index (χ2v) is 6.97. The summed E-state index contributed by atoms with van der Waals surface area (Å²) >= 11 is 3.49. The van der Waals surface area contributed by atoms with Crippen LogP contribution < -0.4 is 10.6 Å². The zero-order chi connectivity index (χ0) is 14.8. The highest BCUT2D eigenvalue weighted by Gasteiger charge is 2.23. The van der Waals surface area contributed by atoms with Crippen LogP contribution in [0.4, 0.5) is 5.69 Å². The Kier molecular flexibility index (Phi) is 5.07. The number of halogens is 1. The van der Waals surface area contributed by atoms with Gasteiger partial charge in [-0.1, -0.05) is 15.9 Å². The van der Waals surface area contributed by atoms with E-state index in [1.165, 1.54) is 11.3 Å². The smallest absolute Gasteiger partial charge is 0.0718 e. The van der Waals surface area contributed by atoms with E-state index < -0.39 is 5.60 Å². The molecule has 1 aliphatic heterocycles. The number of piperazine rings is 1. The molecule has 0 saturated carbocycles. The number of anilines is 1. The monoisotopic (exact) mass is 341 g/mol. The van der Waals surface area contributed by atoms with Crippen molar-refractivity contribution >= 4 is 21.6 Å². The molecule has 1 fully saturated rings. The Bertz CT molecular complexity index is 451. The normalized spacial score (nSPS) is 17.6. The maximum Gasteiger partial charge on any atom is 0.0718 e. The van der Waals surface area contributed by atoms with Gasteiger partial charge >= 0.3 is 0 Å². The number of rotatable bonds is 4. The van der Waals surface area contributed by atoms with Crippen molar-refractivity contribution in [1.82, 2.24) is 4.90 Å². The molecule has 1 aromatic carbocycles. The van der Waals surface area contributed by atoms with Crippen molar-refractivity contribution < 1.29 is 5.11 Å². The van der Waals surface area contributed by atoms with Crippen LogP contribution >= 0.6 is 15.9 Å². The summed E-state index contributed by atoms with van der Waals surface area (Å²) in [6.07, 6.45) is 0. The summed E-state index contributed by atoms with van der Waals surface area (Å²) < 4.78 is 1.07. The van der Waals surface area contributed by atoms with Crippen LogP contribution in [0.2, 0.25) is 0 Å². The lowest BCUT2D eigenvalue weighted by molar-refractivity contribution is 0.0345. The molecule has 1 heterocycles. The number of nitrogens with zero attached hydrogens (tertiary/aromatic N) is 2. The molecule has 0 amide bonds. The number of benzene rings is 1. The number of hydrogen-bond acceptors (Lipinski definition) is 4. The first kappa shape index (κ1) is 15.8. The van der Waals surface area contributed by atoms with E-state index in [4.69, 9.17) is 5.73 Å². The zero-order valence-corrected chi connectivity index (χ0v) is 13.9. The second-order valence-electron chi connectivity index (χ2n) is 6.05. The lowest BCUT2D eigenvalue weighted by atomic mass is 10.1. The fourth-order valence-electron chi connectivity index (χ4n) is 2.72. The summed E-state index contributed by atoms with van der Waals surface area (Å²) in [5.41, 5.74) is 7.63. The van der Waals surface area contributed by atoms with E-state index in [1.807, 2.05) is 13.8 Å². The van der Waals surface area contributed by atoms with Crippen molar-refractivity contribution in [2.75, 3.05) is 37.6 Å². The molecular formula is C15H24BrN3O. The third-order valence-electron chi connectivity index (χ3n) is 3.58. The van der Waals surface area contributed by atoms with Crippen molar-refractivity contribution in [3.63, 3.8) is 0 Å². The van der Waals surface area contributed by atoms with Gasteiger partial charge in [-0.15, -0.1) is 0 Å². The van der Waals surface area contributed by atoms with Gasteiger partial charge in [-0.2, -0.15) is 0 Å². The molecule has 0 aromatic heterocycles. The van der Waals surface area contributed by atoms with E-state index in [9.17, 15) is 5.11 Å². The fourth-order valence-corrected chi connectivity index (χ4v) is 3.13. The van der Waals surface area contributed by atoms with Crippen LogP contribution in [0.15, 0.2) is 22.7 Å². The minimum atomic E-state index is -0.623. The number of aliphatic hydroxyl groups is 1. The maximum absolute atomic E-state index is 9.89. The first-order chi connectivity index (χ1) is 9.39. The zero-order valence-electron chi connectivity index (χ0n) is 12.3. The number of nitrogens with two attached hydrogens (primary N) is 1. The van der Waals surface area contributed by atoms with Gasteiger partial charge < -0.3 is 15.7 Å². The molecule has 1 aromatic rings. The van der Waals surface area contributed by atoms with Gasteiger partial charge in [0.15, 0.2) is 0 Å². The quantitative estimate of drug-likeness (QED) is 0.876. The first-order valence-corrected chi connectivity index (χ1v) is 7.86. The predicted octanol–water partition coefficient (Wildman–Crippen LogP) is 1.80. The molecule has 1 saturated heterocycles. The minimum absolute atomic E-state index is 0.554. The van der Waals surface area contributed by atoms with E-state index in [1.54, 1.807) is 0 Å². The summed E-state index contributed by atoms with van der Waals surface area (Å²) in [7, 11) is 0. The van der Waals surface area contributed by atoms with E-state index in [2.05, 4.69) is 43.9 Å². The van der Waals surface area contributed by atoms with Crippen molar-refractivity contribution in [2.24, 2.45) is 5.73 Å². The van der Waals surface area contributed by atoms with Crippen molar-refractivity contribution in [2.45, 2.75) is 26.0 Å². The Labute approximate surface area is 129 Å². The molecule has 0 aliphatic carbocycles. The van der Waals surface area contributed by atoms with Crippen molar-refractivity contribution in [3.05, 3.63) is 28.2 Å². The standard InChI is InChI=1S/C15H24BrN3O/c1-15(2,20)11-18-5-7-19(8-6-18)14-4-3-13(16)9-12(14)10-17/h3-4,9,20H,5-8,10-11,17H2,1-2H3. The summed E-state index contributed by atoms with van der Waals surface area (Å²) in [6, 6.07) is 6.30. The van der Waals surface area contributed by atoms with Gasteiger partial charge in [0.2, 0.25) is 0 Å². The Morgan fingerprint density at radius 3 is 2.45 bits per heavy atom. The lowest BCUT2D eigenvalue weighted by Gasteiger charge is -2.39. The van der Waals surface area contributed by atoms with Crippen LogP contribution in [0.1, 0.15) is 19.4 Å². The molecule has 2 rings (SSSR count). The van der Waals surface area contributed by atoms with Gasteiger partial charge in [-0.05, 0) is 37.6 Å². The highest BCUT2D eigenvalue weighted by molar-refractivity contribution is 9.10. The minimum Gasteiger partial charge on any atom is -0.389 e. The second kappa shape index (κ2) is 6.43. The highest BCUT2D eigenvalue weighted by Crippen LogP contribution is 2.25. The van der Waals surface area contributed by atoms with E-state index in [0.29, 0.717) is 6.54 Å². The first-order valence-electron chi connectivity index (χ1n) is 7.07. The summed E-state index contributed by atoms with van der Waals surface area (Å²) in [5.74, 6) is 0. The molecular weight excluding hydrogens is 318 g/mol. The molecule has 1 aliphatic rings. The Morgan fingerprint density at radius 1 is 1.25 bits per heavy atom.